The van der Waals surface area contributed by atoms with Gasteiger partial charge in [-0.15, -0.1) is 0 Å². The molecule has 0 bridgehead atoms. The third kappa shape index (κ3) is 5.38. The molecule has 6 heteroatoms. The number of pyridine rings is 1. The fourth-order valence-electron chi connectivity index (χ4n) is 2.12. The van der Waals surface area contributed by atoms with Crippen molar-refractivity contribution in [3.05, 3.63) is 53.6 Å². The molecule has 0 unspecified atom stereocenters. The SMILES string of the molecule is Cc1ccc(-c2cnc(C(=O)NCC(=O)OC(C)(C)C)c(F)c2)cc1. The van der Waals surface area contributed by atoms with E-state index in [0.717, 1.165) is 11.1 Å². The molecule has 1 heterocycles. The van der Waals surface area contributed by atoms with Gasteiger partial charge in [0, 0.05) is 11.8 Å². The number of esters is 1. The molecule has 0 spiro atoms. The minimum Gasteiger partial charge on any atom is -0.459 e. The lowest BCUT2D eigenvalue weighted by Crippen LogP contribution is -2.35. The van der Waals surface area contributed by atoms with Crippen LogP contribution in [-0.4, -0.2) is 29.0 Å². The highest BCUT2D eigenvalue weighted by Crippen LogP contribution is 2.21. The number of aromatic nitrogens is 1. The molecule has 1 amide bonds. The maximum absolute atomic E-state index is 14.2. The number of halogens is 1. The Morgan fingerprint density at radius 3 is 2.36 bits per heavy atom. The van der Waals surface area contributed by atoms with Gasteiger partial charge in [0.15, 0.2) is 11.5 Å². The molecule has 1 aromatic carbocycles. The highest BCUT2D eigenvalue weighted by atomic mass is 19.1. The Bertz CT molecular complexity index is 780. The monoisotopic (exact) mass is 344 g/mol. The quantitative estimate of drug-likeness (QED) is 0.865. The zero-order valence-corrected chi connectivity index (χ0v) is 14.7. The highest BCUT2D eigenvalue weighted by molar-refractivity contribution is 5.94. The summed E-state index contributed by atoms with van der Waals surface area (Å²) in [7, 11) is 0. The summed E-state index contributed by atoms with van der Waals surface area (Å²) in [5.74, 6) is -2.11. The van der Waals surface area contributed by atoms with E-state index in [4.69, 9.17) is 4.74 Å². The second kappa shape index (κ2) is 7.42. The number of nitrogens with one attached hydrogen (secondary N) is 1. The average molecular weight is 344 g/mol. The minimum atomic E-state index is -0.765. The summed E-state index contributed by atoms with van der Waals surface area (Å²) in [5, 5.41) is 2.31. The molecule has 0 radical (unpaired) electrons. The van der Waals surface area contributed by atoms with E-state index in [1.165, 1.54) is 12.3 Å². The van der Waals surface area contributed by atoms with Gasteiger partial charge in [-0.05, 0) is 39.3 Å². The van der Waals surface area contributed by atoms with E-state index in [2.05, 4.69) is 10.3 Å². The number of carbonyl (C=O) groups excluding carboxylic acids is 2. The van der Waals surface area contributed by atoms with Crippen LogP contribution in [0.1, 0.15) is 36.8 Å². The number of carbonyl (C=O) groups is 2. The summed E-state index contributed by atoms with van der Waals surface area (Å²) in [4.78, 5) is 27.5. The van der Waals surface area contributed by atoms with Crippen LogP contribution in [0.2, 0.25) is 0 Å². The molecule has 5 nitrogen and oxygen atoms in total. The molecule has 0 aliphatic rings. The van der Waals surface area contributed by atoms with Crippen molar-refractivity contribution in [2.75, 3.05) is 6.54 Å². The number of amides is 1. The molecule has 0 saturated carbocycles. The summed E-state index contributed by atoms with van der Waals surface area (Å²) in [6, 6.07) is 8.78. The fourth-order valence-corrected chi connectivity index (χ4v) is 2.12. The van der Waals surface area contributed by atoms with Gasteiger partial charge in [-0.25, -0.2) is 9.37 Å². The van der Waals surface area contributed by atoms with Crippen LogP contribution < -0.4 is 5.32 Å². The van der Waals surface area contributed by atoms with Crippen molar-refractivity contribution in [1.82, 2.24) is 10.3 Å². The van der Waals surface area contributed by atoms with Gasteiger partial charge in [0.05, 0.1) is 0 Å². The Morgan fingerprint density at radius 2 is 1.80 bits per heavy atom. The van der Waals surface area contributed by atoms with E-state index in [-0.39, 0.29) is 12.2 Å². The van der Waals surface area contributed by atoms with Crippen LogP contribution in [0.25, 0.3) is 11.1 Å². The predicted octanol–water partition coefficient (Wildman–Crippen LogP) is 3.27. The number of rotatable bonds is 4. The van der Waals surface area contributed by atoms with Crippen molar-refractivity contribution in [3.63, 3.8) is 0 Å². The van der Waals surface area contributed by atoms with Gasteiger partial charge in [-0.1, -0.05) is 29.8 Å². The van der Waals surface area contributed by atoms with Gasteiger partial charge < -0.3 is 10.1 Å². The summed E-state index contributed by atoms with van der Waals surface area (Å²) >= 11 is 0. The molecule has 2 rings (SSSR count). The van der Waals surface area contributed by atoms with E-state index >= 15 is 0 Å². The zero-order chi connectivity index (χ0) is 18.6. The minimum absolute atomic E-state index is 0.350. The van der Waals surface area contributed by atoms with E-state index in [0.29, 0.717) is 5.56 Å². The van der Waals surface area contributed by atoms with Crippen molar-refractivity contribution < 1.29 is 18.7 Å². The number of nitrogens with zero attached hydrogens (tertiary/aromatic N) is 1. The zero-order valence-electron chi connectivity index (χ0n) is 14.7. The largest absolute Gasteiger partial charge is 0.459 e. The Kier molecular flexibility index (Phi) is 5.51. The van der Waals surface area contributed by atoms with Crippen LogP contribution in [0.4, 0.5) is 4.39 Å². The number of aryl methyl sites for hydroxylation is 1. The van der Waals surface area contributed by atoms with Gasteiger partial charge in [0.2, 0.25) is 0 Å². The summed E-state index contributed by atoms with van der Waals surface area (Å²) in [6.07, 6.45) is 1.43. The van der Waals surface area contributed by atoms with Gasteiger partial charge >= 0.3 is 5.97 Å². The smallest absolute Gasteiger partial charge is 0.325 e. The first-order valence-electron chi connectivity index (χ1n) is 7.88. The molecule has 0 aliphatic carbocycles. The second-order valence-corrected chi connectivity index (χ2v) is 6.69. The Hall–Kier alpha value is -2.76. The number of hydrogen-bond donors (Lipinski definition) is 1. The van der Waals surface area contributed by atoms with E-state index in [9.17, 15) is 14.0 Å². The van der Waals surface area contributed by atoms with E-state index in [1.54, 1.807) is 20.8 Å². The Labute approximate surface area is 146 Å². The maximum atomic E-state index is 14.2. The lowest BCUT2D eigenvalue weighted by atomic mass is 10.1. The third-order valence-electron chi connectivity index (χ3n) is 3.25. The standard InChI is InChI=1S/C19H21FN2O3/c1-12-5-7-13(8-6-12)14-9-15(20)17(21-10-14)18(24)22-11-16(23)25-19(2,3)4/h5-10H,11H2,1-4H3,(H,22,24). The molecule has 132 valence electrons. The molecular formula is C19H21FN2O3. The second-order valence-electron chi connectivity index (χ2n) is 6.69. The lowest BCUT2D eigenvalue weighted by Gasteiger charge is -2.19. The first-order chi connectivity index (χ1) is 11.7. The van der Waals surface area contributed by atoms with Crippen LogP contribution >= 0.6 is 0 Å². The van der Waals surface area contributed by atoms with Crippen molar-refractivity contribution >= 4 is 11.9 Å². The maximum Gasteiger partial charge on any atom is 0.325 e. The molecule has 0 saturated heterocycles. The van der Waals surface area contributed by atoms with E-state index < -0.39 is 23.3 Å². The van der Waals surface area contributed by atoms with Crippen LogP contribution in [0, 0.1) is 12.7 Å². The Morgan fingerprint density at radius 1 is 1.16 bits per heavy atom. The van der Waals surface area contributed by atoms with Crippen molar-refractivity contribution in [2.45, 2.75) is 33.3 Å². The van der Waals surface area contributed by atoms with Crippen molar-refractivity contribution in [1.29, 1.82) is 0 Å². The molecular weight excluding hydrogens is 323 g/mol. The van der Waals surface area contributed by atoms with Gasteiger partial charge in [0.25, 0.3) is 5.91 Å². The highest BCUT2D eigenvalue weighted by Gasteiger charge is 2.19. The van der Waals surface area contributed by atoms with Crippen molar-refractivity contribution in [2.24, 2.45) is 0 Å². The number of benzene rings is 1. The number of hydrogen-bond acceptors (Lipinski definition) is 4. The van der Waals surface area contributed by atoms with Gasteiger partial charge in [-0.2, -0.15) is 0 Å². The van der Waals surface area contributed by atoms with Crippen molar-refractivity contribution in [3.8, 4) is 11.1 Å². The molecule has 0 aliphatic heterocycles. The first kappa shape index (κ1) is 18.6. The predicted molar refractivity (Wildman–Crippen MR) is 92.5 cm³/mol. The molecule has 1 aromatic heterocycles. The summed E-state index contributed by atoms with van der Waals surface area (Å²) < 4.78 is 19.3. The fraction of sp³-hybridized carbons (Fsp3) is 0.316. The molecule has 0 atom stereocenters. The van der Waals surface area contributed by atoms with Crippen LogP contribution in [0.5, 0.6) is 0 Å². The molecule has 2 aromatic rings. The molecule has 25 heavy (non-hydrogen) atoms. The van der Waals surface area contributed by atoms with Crippen LogP contribution in [0.15, 0.2) is 36.5 Å². The topological polar surface area (TPSA) is 68.3 Å². The molecule has 1 N–H and O–H groups in total. The Balaban J connectivity index is 2.06. The van der Waals surface area contributed by atoms with Gasteiger partial charge in [-0.3, -0.25) is 9.59 Å². The average Bonchev–Trinajstić information content (AvgIpc) is 2.51. The number of ether oxygens (including phenoxy) is 1. The first-order valence-corrected chi connectivity index (χ1v) is 7.88. The normalized spacial score (nSPS) is 11.1. The van der Waals surface area contributed by atoms with Gasteiger partial charge in [0.1, 0.15) is 12.1 Å². The summed E-state index contributed by atoms with van der Waals surface area (Å²) in [5.41, 5.74) is 1.45. The van der Waals surface area contributed by atoms with Crippen LogP contribution in [-0.2, 0) is 9.53 Å². The molecule has 0 fully saturated rings. The third-order valence-corrected chi connectivity index (χ3v) is 3.25. The lowest BCUT2D eigenvalue weighted by molar-refractivity contribution is -0.153. The summed E-state index contributed by atoms with van der Waals surface area (Å²) in [6.45, 7) is 6.77. The van der Waals surface area contributed by atoms with E-state index in [1.807, 2.05) is 31.2 Å². The van der Waals surface area contributed by atoms with Crippen LogP contribution in [0.3, 0.4) is 0 Å².